The Kier molecular flexibility index (Phi) is 36.4. The number of amides is 4. The van der Waals surface area contributed by atoms with Crippen LogP contribution in [-0.4, -0.2) is 87.4 Å². The number of imide groups is 2. The number of nitrogens with zero attached hydrogens (tertiary/aromatic N) is 7. The molecule has 2 saturated heterocycles. The van der Waals surface area contributed by atoms with E-state index in [1.165, 1.54) is 19.9 Å². The Morgan fingerprint density at radius 3 is 0.824 bits per heavy atom. The number of carbonyl (C=O) groups excluding carboxylic acids is 6. The summed E-state index contributed by atoms with van der Waals surface area (Å²) in [4.78, 5) is 108. The Morgan fingerprint density at radius 1 is 0.459 bits per heavy atom. The molecule has 9 rings (SSSR count). The van der Waals surface area contributed by atoms with Gasteiger partial charge in [0.05, 0.1) is 60.6 Å². The van der Waals surface area contributed by atoms with Crippen molar-refractivity contribution in [2.45, 2.75) is 93.9 Å². The Balaban J connectivity index is 0. The van der Waals surface area contributed by atoms with Crippen molar-refractivity contribution in [3.8, 4) is 22.8 Å². The number of carboxylic acid groups (broad SMARTS) is 2. The third-order valence-corrected chi connectivity index (χ3v) is 13.7. The molecule has 0 spiro atoms. The van der Waals surface area contributed by atoms with Crippen LogP contribution in [0.2, 0.25) is 0 Å². The molecular weight excluding hydrogens is 1370 g/mol. The third kappa shape index (κ3) is 22.0. The van der Waals surface area contributed by atoms with E-state index in [4.69, 9.17) is 108 Å². The van der Waals surface area contributed by atoms with Crippen LogP contribution in [0.3, 0.4) is 0 Å². The van der Waals surface area contributed by atoms with Crippen LogP contribution in [0.15, 0.2) is 110 Å². The standard InChI is InChI=1S/C32H40N2O8.2C10H8N2.4CH2Cl2.2Cu.NO3.H2O/c1-17-9-18(2)20(34-23(37)29(5)12-30(6,24(34)38)16-32(8,15-29)26(41)42)10-19(17)33-21(35)27(3)11-28(4,22(33)36)14-31(7,13-27)25(39)40;2*1-3-7-11-9(5-1)10-6-2-4-8-12-10;4*2-1-3;;;2-1(3)4;/h9-10H,11-16H2,1-8H3,(H,39,40)(H,41,42);2*1-8H;4*1H2;;;;1H2/q;;;;;;;2*+2;-1;/p-3/t27-,28+,29-,30+,31?,32?;;;;;;;;;;. The zero-order valence-corrected chi connectivity index (χ0v) is 55.1. The van der Waals surface area contributed by atoms with Gasteiger partial charge in [-0.2, -0.15) is 0 Å². The van der Waals surface area contributed by atoms with Crippen LogP contribution in [0.1, 0.15) is 91.2 Å². The number of halogens is 8. The van der Waals surface area contributed by atoms with Gasteiger partial charge >= 0.3 is 34.1 Å². The molecule has 4 fully saturated rings. The summed E-state index contributed by atoms with van der Waals surface area (Å²) in [5.74, 6) is -4.74. The Morgan fingerprint density at radius 2 is 0.659 bits per heavy atom. The second-order valence-corrected chi connectivity index (χ2v) is 24.0. The van der Waals surface area contributed by atoms with E-state index in [2.05, 4.69) is 19.9 Å². The van der Waals surface area contributed by atoms with Crippen molar-refractivity contribution in [1.82, 2.24) is 19.9 Å². The van der Waals surface area contributed by atoms with E-state index in [0.29, 0.717) is 11.1 Å². The van der Waals surface area contributed by atoms with Crippen molar-refractivity contribution >= 4 is 140 Å². The molecule has 4 aliphatic rings. The fourth-order valence-corrected chi connectivity index (χ4v) is 11.5. The zero-order chi connectivity index (χ0) is 62.4. The normalized spacial score (nSPS) is 23.6. The van der Waals surface area contributed by atoms with Crippen LogP contribution in [0.5, 0.6) is 0 Å². The molecule has 472 valence electrons. The number of anilines is 2. The van der Waals surface area contributed by atoms with E-state index < -0.39 is 73.1 Å². The number of hydrogen-bond acceptors (Lipinski definition) is 16. The van der Waals surface area contributed by atoms with Gasteiger partial charge in [0.25, 0.3) is 0 Å². The average molecular weight is 1440 g/mol. The number of carbonyl (C=O) groups is 6. The predicted molar refractivity (Wildman–Crippen MR) is 321 cm³/mol. The van der Waals surface area contributed by atoms with Crippen molar-refractivity contribution in [3.63, 3.8) is 0 Å². The van der Waals surface area contributed by atoms with Gasteiger partial charge in [0, 0.05) is 69.2 Å². The molecule has 1 aromatic carbocycles. The number of alkyl halides is 8. The summed E-state index contributed by atoms with van der Waals surface area (Å²) in [7, 11) is 0. The summed E-state index contributed by atoms with van der Waals surface area (Å²) in [6.07, 6.45) is 7.51. The number of carboxylic acids is 2. The minimum absolute atomic E-state index is 0. The van der Waals surface area contributed by atoms with Gasteiger partial charge in [-0.25, -0.2) is 9.80 Å². The first kappa shape index (κ1) is 82.6. The molecular formula is C56H63Cl8Cu2N7O12. The van der Waals surface area contributed by atoms with Gasteiger partial charge in [-0.3, -0.25) is 39.1 Å². The molecule has 4 aromatic heterocycles. The van der Waals surface area contributed by atoms with Crippen molar-refractivity contribution in [1.29, 1.82) is 0 Å². The van der Waals surface area contributed by atoms with Crippen molar-refractivity contribution < 1.29 is 83.7 Å². The van der Waals surface area contributed by atoms with Gasteiger partial charge < -0.3 is 40.6 Å². The number of aromatic nitrogens is 4. The van der Waals surface area contributed by atoms with E-state index in [0.717, 1.165) is 32.6 Å². The monoisotopic (exact) mass is 1430 g/mol. The fraction of sp³-hybridized carbons (Fsp3) is 0.429. The number of benzene rings is 1. The second kappa shape index (κ2) is 37.4. The van der Waals surface area contributed by atoms with Crippen LogP contribution in [0, 0.1) is 61.7 Å². The SMILES string of the molecule is Cc1cc(C)c(N2C(=O)[C@@]3(C)CC(C)(C(=O)[O-])C[C@](C)(C3)C2=O)cc1N1C(=O)[C@@]2(C)CC(C)(C(=O)[O-])C[C@](C)(C2)C1=O.ClCCl.ClCCl.ClCCl.ClCCl.O=[N+]([O-])[O-].[Cu+2].[Cu+2].[OH-].c1ccc(-c2ccccn2)nc1.c1ccc(-c2ccccn2)nc1. The summed E-state index contributed by atoms with van der Waals surface area (Å²) in [5, 5.41) is 39.7. The molecule has 19 nitrogen and oxygen atoms in total. The van der Waals surface area contributed by atoms with Gasteiger partial charge in [-0.05, 0) is 118 Å². The number of piperidine rings is 2. The number of aliphatic carboxylic acids is 2. The maximum atomic E-state index is 14.1. The van der Waals surface area contributed by atoms with Crippen LogP contribution in [0.4, 0.5) is 11.4 Å². The molecule has 1 N–H and O–H groups in total. The van der Waals surface area contributed by atoms with Crippen molar-refractivity contribution in [2.24, 2.45) is 32.5 Å². The van der Waals surface area contributed by atoms with Crippen molar-refractivity contribution in [3.05, 3.63) is 136 Å². The number of aryl methyl sites for hydroxylation is 2. The molecule has 29 heteroatoms. The number of hydrogen-bond donors (Lipinski definition) is 0. The summed E-state index contributed by atoms with van der Waals surface area (Å²) in [6, 6.07) is 26.4. The summed E-state index contributed by atoms with van der Waals surface area (Å²) < 4.78 is 0. The van der Waals surface area contributed by atoms with Gasteiger partial charge in [0.1, 0.15) is 0 Å². The molecule has 2 aliphatic carbocycles. The molecule has 2 radical (unpaired) electrons. The van der Waals surface area contributed by atoms with Gasteiger partial charge in [0.15, 0.2) is 0 Å². The Hall–Kier alpha value is -4.44. The molecule has 6 atom stereocenters. The van der Waals surface area contributed by atoms with E-state index >= 15 is 0 Å². The summed E-state index contributed by atoms with van der Waals surface area (Å²) in [5.41, 5.74) is -2.07. The van der Waals surface area contributed by atoms with E-state index in [1.807, 2.05) is 72.8 Å². The third-order valence-electron chi connectivity index (χ3n) is 13.7. The zero-order valence-electron chi connectivity index (χ0n) is 47.2. The van der Waals surface area contributed by atoms with E-state index in [1.54, 1.807) is 72.4 Å². The summed E-state index contributed by atoms with van der Waals surface area (Å²) in [6.45, 7) is 13.2. The molecule has 4 amide bonds. The molecule has 2 aliphatic heterocycles. The number of pyridine rings is 4. The first-order valence-electron chi connectivity index (χ1n) is 24.6. The first-order chi connectivity index (χ1) is 38.4. The van der Waals surface area contributed by atoms with E-state index in [-0.39, 0.29) is 111 Å². The average Bonchev–Trinajstić information content (AvgIpc) is 2.70. The number of fused-ring (bicyclic) bond motifs is 4. The quantitative estimate of drug-likeness (QED) is 0.0501. The topological polar surface area (TPSA) is 303 Å². The fourth-order valence-electron chi connectivity index (χ4n) is 11.5. The first-order valence-corrected chi connectivity index (χ1v) is 28.9. The molecule has 85 heavy (non-hydrogen) atoms. The van der Waals surface area contributed by atoms with Crippen LogP contribution < -0.4 is 20.0 Å². The Labute approximate surface area is 555 Å². The second-order valence-electron chi connectivity index (χ2n) is 20.8. The van der Waals surface area contributed by atoms with Crippen LogP contribution >= 0.6 is 92.8 Å². The van der Waals surface area contributed by atoms with Gasteiger partial charge in [-0.15, -0.1) is 92.8 Å². The molecule has 5 aromatic rings. The minimum atomic E-state index is -1.75. The van der Waals surface area contributed by atoms with E-state index in [9.17, 15) is 39.0 Å². The predicted octanol–water partition coefficient (Wildman–Crippen LogP) is 11.5. The number of rotatable bonds is 6. The smallest absolute Gasteiger partial charge is 0.870 e. The van der Waals surface area contributed by atoms with Crippen LogP contribution in [0.25, 0.3) is 22.8 Å². The maximum Gasteiger partial charge on any atom is 2.00 e. The minimum Gasteiger partial charge on any atom is -0.870 e. The van der Waals surface area contributed by atoms with Gasteiger partial charge in [0.2, 0.25) is 23.6 Å². The molecule has 4 bridgehead atoms. The molecule has 6 heterocycles. The molecule has 2 saturated carbocycles. The Bertz CT molecular complexity index is 2630. The maximum absolute atomic E-state index is 14.1. The van der Waals surface area contributed by atoms with Crippen molar-refractivity contribution in [2.75, 3.05) is 31.2 Å². The summed E-state index contributed by atoms with van der Waals surface area (Å²) >= 11 is 38.1. The van der Waals surface area contributed by atoms with Crippen LogP contribution in [-0.2, 0) is 62.9 Å². The molecule has 2 unspecified atom stereocenters. The largest absolute Gasteiger partial charge is 2.00 e. The van der Waals surface area contributed by atoms with Gasteiger partial charge in [-0.1, -0.05) is 71.9 Å².